The lowest BCUT2D eigenvalue weighted by atomic mass is 10.1. The molecule has 0 spiro atoms. The summed E-state index contributed by atoms with van der Waals surface area (Å²) in [6.07, 6.45) is 16.6. The summed E-state index contributed by atoms with van der Waals surface area (Å²) < 4.78 is 12.7. The number of nitrogens with zero attached hydrogens (tertiary/aromatic N) is 9. The van der Waals surface area contributed by atoms with Crippen LogP contribution in [0.25, 0.3) is 10.8 Å². The molecule has 0 N–H and O–H groups in total. The van der Waals surface area contributed by atoms with Gasteiger partial charge in [-0.3, -0.25) is 15.0 Å². The predicted molar refractivity (Wildman–Crippen MR) is 339 cm³/mol. The quantitative estimate of drug-likeness (QED) is 0.145. The summed E-state index contributed by atoms with van der Waals surface area (Å²) >= 11 is 2.96. The molecule has 0 aliphatic heterocycles. The molecule has 0 aliphatic rings. The molecule has 0 saturated heterocycles. The van der Waals surface area contributed by atoms with E-state index in [0.717, 1.165) is 33.7 Å². The molecule has 0 fully saturated rings. The van der Waals surface area contributed by atoms with E-state index in [2.05, 4.69) is 97.5 Å². The topological polar surface area (TPSA) is 129 Å². The number of rotatable bonds is 0. The van der Waals surface area contributed by atoms with Gasteiger partial charge in [0.25, 0.3) is 0 Å². The number of thiazole rings is 1. The second-order valence-electron chi connectivity index (χ2n) is 10.8. The summed E-state index contributed by atoms with van der Waals surface area (Å²) in [5.41, 5.74) is 4.16. The highest BCUT2D eigenvalue weighted by atomic mass is 32.1. The first-order chi connectivity index (χ1) is 36.8. The van der Waals surface area contributed by atoms with Crippen LogP contribution in [0.1, 0.15) is 172 Å². The minimum Gasteiger partial charge on any atom is -0.449 e. The van der Waals surface area contributed by atoms with E-state index in [1.807, 2.05) is 235 Å². The molecule has 0 aliphatic carbocycles. The van der Waals surface area contributed by atoms with Gasteiger partial charge >= 0.3 is 0 Å². The molecular weight excluding hydrogens is 963 g/mol. The highest BCUT2D eigenvalue weighted by molar-refractivity contribution is 7.09. The Hall–Kier alpha value is -6.37. The average Bonchev–Trinajstić information content (AvgIpc) is 4.25. The number of benzene rings is 3. The minimum atomic E-state index is 0.734. The van der Waals surface area contributed by atoms with Gasteiger partial charge in [0.2, 0.25) is 0 Å². The van der Waals surface area contributed by atoms with E-state index in [4.69, 9.17) is 4.42 Å². The second kappa shape index (κ2) is 87.3. The molecule has 9 rings (SSSR count). The molecule has 3 aromatic carbocycles. The summed E-state index contributed by atoms with van der Waals surface area (Å²) in [5.74, 6) is 0.734. The van der Waals surface area contributed by atoms with Gasteiger partial charge in [-0.1, -0.05) is 229 Å². The van der Waals surface area contributed by atoms with Crippen molar-refractivity contribution in [3.05, 3.63) is 210 Å². The van der Waals surface area contributed by atoms with Crippen LogP contribution in [0.4, 0.5) is 0 Å². The van der Waals surface area contributed by atoms with Crippen LogP contribution in [0.15, 0.2) is 181 Å². The summed E-state index contributed by atoms with van der Waals surface area (Å²) in [7, 11) is 0. The Morgan fingerprint density at radius 1 is 0.333 bits per heavy atom. The van der Waals surface area contributed by atoms with Crippen molar-refractivity contribution in [3.63, 3.8) is 0 Å². The van der Waals surface area contributed by atoms with E-state index in [9.17, 15) is 0 Å². The fourth-order valence-electron chi connectivity index (χ4n) is 3.56. The van der Waals surface area contributed by atoms with Crippen molar-refractivity contribution in [2.75, 3.05) is 0 Å². The van der Waals surface area contributed by atoms with Crippen molar-refractivity contribution in [2.45, 2.75) is 180 Å². The largest absolute Gasteiger partial charge is 0.449 e. The normalized spacial score (nSPS) is 7.33. The zero-order chi connectivity index (χ0) is 59.6. The van der Waals surface area contributed by atoms with Crippen LogP contribution in [-0.4, -0.2) is 43.6 Å². The summed E-state index contributed by atoms with van der Waals surface area (Å²) in [5, 5.41) is 5.82. The number of pyridine rings is 1. The Balaban J connectivity index is -0.0000000908. The van der Waals surface area contributed by atoms with Crippen molar-refractivity contribution in [2.24, 2.45) is 0 Å². The molecule has 422 valence electrons. The Morgan fingerprint density at radius 3 is 0.787 bits per heavy atom. The number of hydrogen-bond acceptors (Lipinski definition) is 12. The Labute approximate surface area is 469 Å². The molecule has 10 nitrogen and oxygen atoms in total. The molecule has 6 aromatic heterocycles. The van der Waals surface area contributed by atoms with Gasteiger partial charge in [0.05, 0.1) is 33.8 Å². The van der Waals surface area contributed by atoms with E-state index in [0.29, 0.717) is 0 Å². The molecule has 0 radical (unpaired) electrons. The van der Waals surface area contributed by atoms with Gasteiger partial charge in [0.15, 0.2) is 5.89 Å². The molecule has 0 atom stereocenters. The van der Waals surface area contributed by atoms with Crippen molar-refractivity contribution < 1.29 is 4.42 Å². The fourth-order valence-corrected chi connectivity index (χ4v) is 4.70. The van der Waals surface area contributed by atoms with Gasteiger partial charge in [-0.05, 0) is 63.6 Å². The second-order valence-corrected chi connectivity index (χ2v) is 12.4. The van der Waals surface area contributed by atoms with Crippen LogP contribution in [0.3, 0.4) is 0 Å². The van der Waals surface area contributed by atoms with Crippen molar-refractivity contribution in [1.82, 2.24) is 43.6 Å². The van der Waals surface area contributed by atoms with E-state index in [-0.39, 0.29) is 0 Å². The van der Waals surface area contributed by atoms with Crippen LogP contribution in [0.5, 0.6) is 0 Å². The Bertz CT molecular complexity index is 1770. The lowest BCUT2D eigenvalue weighted by molar-refractivity contribution is 0.521. The molecule has 9 aromatic rings. The third-order valence-electron chi connectivity index (χ3n) is 6.19. The fraction of sp³-hybridized carbons (Fsp3) is 0.413. The standard InChI is InChI=1S/C10H8.C6H6.C5H7NO.C5H7NS.C5H5N.C4H6N2S.2C4H4N2.10C2H6/c1-2-6-10-8-4-3-7-9(10)5-1;1-2-4-6-5-3-1;2*1-4-3-7-5(2)6-4;1-2-4-6-5-3-1;1-3-4(2)6-7-5-3;1-2-6-4-3-5-1;1-2-5-4-6-3-1;10*1-2/h1-8H;1-6H;2*3H,1-2H3;1-5H;1-2H3;2*1-4H;10*1-2H3. The monoisotopic (exact) mass is 1070 g/mol. The van der Waals surface area contributed by atoms with Gasteiger partial charge in [-0.25, -0.2) is 19.9 Å². The first-order valence-corrected chi connectivity index (χ1v) is 28.7. The maximum atomic E-state index is 4.85. The Kier molecular flexibility index (Phi) is 103. The molecule has 0 saturated carbocycles. The smallest absolute Gasteiger partial charge is 0.191 e. The maximum absolute atomic E-state index is 4.85. The van der Waals surface area contributed by atoms with Gasteiger partial charge in [0, 0.05) is 67.6 Å². The maximum Gasteiger partial charge on any atom is 0.191 e. The van der Waals surface area contributed by atoms with Crippen molar-refractivity contribution in [1.29, 1.82) is 0 Å². The summed E-state index contributed by atoms with van der Waals surface area (Å²) in [4.78, 5) is 26.7. The van der Waals surface area contributed by atoms with Crippen LogP contribution >= 0.6 is 23.1 Å². The molecule has 12 heteroatoms. The zero-order valence-corrected chi connectivity index (χ0v) is 53.6. The molecule has 75 heavy (non-hydrogen) atoms. The number of fused-ring (bicyclic) bond motifs is 1. The molecule has 0 bridgehead atoms. The van der Waals surface area contributed by atoms with E-state index in [1.54, 1.807) is 73.2 Å². The number of aromatic nitrogens is 9. The number of aryl methyl sites for hydroxylation is 6. The lowest BCUT2D eigenvalue weighted by Gasteiger charge is -1.92. The van der Waals surface area contributed by atoms with Crippen LogP contribution in [0, 0.1) is 41.5 Å². The highest BCUT2D eigenvalue weighted by Gasteiger charge is 1.91. The zero-order valence-electron chi connectivity index (χ0n) is 52.0. The number of oxazole rings is 1. The molecular formula is C63H107N9OS2. The van der Waals surface area contributed by atoms with Gasteiger partial charge < -0.3 is 4.42 Å². The lowest BCUT2D eigenvalue weighted by Crippen LogP contribution is -1.71. The van der Waals surface area contributed by atoms with Crippen LogP contribution < -0.4 is 0 Å². The first kappa shape index (κ1) is 88.3. The molecule has 6 heterocycles. The van der Waals surface area contributed by atoms with Crippen LogP contribution in [0.2, 0.25) is 0 Å². The Morgan fingerprint density at radius 2 is 0.653 bits per heavy atom. The van der Waals surface area contributed by atoms with E-state index < -0.39 is 0 Å². The molecule has 0 amide bonds. The van der Waals surface area contributed by atoms with Gasteiger partial charge in [-0.15, -0.1) is 11.3 Å². The SMILES string of the molecule is CC.CC.CC.CC.CC.CC.CC.CC.CC.CC.Cc1coc(C)n1.Cc1csc(C)n1.Cc1nsnc1C.c1ccc2ccccc2c1.c1ccccc1.c1ccncc1.c1cnccn1.c1cncnc1. The van der Waals surface area contributed by atoms with Crippen molar-refractivity contribution >= 4 is 33.8 Å². The summed E-state index contributed by atoms with van der Waals surface area (Å²) in [6.45, 7) is 51.7. The predicted octanol–water partition coefficient (Wildman–Crippen LogP) is 21.0. The van der Waals surface area contributed by atoms with E-state index >= 15 is 0 Å². The van der Waals surface area contributed by atoms with Gasteiger partial charge in [0.1, 0.15) is 12.6 Å². The molecule has 0 unspecified atom stereocenters. The van der Waals surface area contributed by atoms with Crippen LogP contribution in [-0.2, 0) is 0 Å². The van der Waals surface area contributed by atoms with E-state index in [1.165, 1.54) is 28.8 Å². The third-order valence-corrected chi connectivity index (χ3v) is 7.80. The highest BCUT2D eigenvalue weighted by Crippen LogP contribution is 2.11. The number of hydrogen-bond donors (Lipinski definition) is 0. The first-order valence-electron chi connectivity index (χ1n) is 27.1. The third kappa shape index (κ3) is 71.9. The van der Waals surface area contributed by atoms with Crippen molar-refractivity contribution in [3.8, 4) is 0 Å². The van der Waals surface area contributed by atoms with Gasteiger partial charge in [-0.2, -0.15) is 8.75 Å². The summed E-state index contributed by atoms with van der Waals surface area (Å²) in [6, 6.07) is 36.2. The average molecular weight is 1070 g/mol. The minimum absolute atomic E-state index is 0.734.